The zero-order valence-corrected chi connectivity index (χ0v) is 12.4. The van der Waals surface area contributed by atoms with Gasteiger partial charge in [0.25, 0.3) is 0 Å². The van der Waals surface area contributed by atoms with Crippen molar-refractivity contribution in [1.82, 2.24) is 24.7 Å². The second kappa shape index (κ2) is 5.21. The molecule has 0 bridgehead atoms. The third-order valence-corrected chi connectivity index (χ3v) is 3.80. The molecule has 1 saturated heterocycles. The lowest BCUT2D eigenvalue weighted by Crippen LogP contribution is -2.54. The number of nitriles is 1. The molecular weight excluding hydrogens is 294 g/mol. The van der Waals surface area contributed by atoms with Crippen molar-refractivity contribution in [1.29, 1.82) is 5.26 Å². The van der Waals surface area contributed by atoms with Gasteiger partial charge in [-0.2, -0.15) is 10.4 Å². The second-order valence-corrected chi connectivity index (χ2v) is 5.34. The van der Waals surface area contributed by atoms with E-state index in [9.17, 15) is 0 Å². The molecule has 4 rings (SSSR count). The smallest absolute Gasteiger partial charge is 0.163 e. The molecule has 0 unspecified atom stereocenters. The van der Waals surface area contributed by atoms with Gasteiger partial charge in [-0.3, -0.25) is 4.68 Å². The fourth-order valence-electron chi connectivity index (χ4n) is 2.63. The summed E-state index contributed by atoms with van der Waals surface area (Å²) in [6.07, 6.45) is 4.97. The van der Waals surface area contributed by atoms with E-state index in [0.717, 1.165) is 29.9 Å². The van der Waals surface area contributed by atoms with Crippen LogP contribution in [0.15, 0.2) is 30.9 Å². The lowest BCUT2D eigenvalue weighted by atomic mass is 10.1. The number of nitrogens with zero attached hydrogens (tertiary/aromatic N) is 7. The summed E-state index contributed by atoms with van der Waals surface area (Å²) >= 11 is 0. The Kier molecular flexibility index (Phi) is 3.05. The summed E-state index contributed by atoms with van der Waals surface area (Å²) in [5, 5.41) is 14.0. The average molecular weight is 307 g/mol. The zero-order chi connectivity index (χ0) is 15.8. The van der Waals surface area contributed by atoms with Crippen molar-refractivity contribution < 1.29 is 4.74 Å². The van der Waals surface area contributed by atoms with Crippen LogP contribution < -0.4 is 9.64 Å². The first-order valence-electron chi connectivity index (χ1n) is 7.15. The molecule has 0 N–H and O–H groups in total. The van der Waals surface area contributed by atoms with Crippen molar-refractivity contribution >= 4 is 16.9 Å². The summed E-state index contributed by atoms with van der Waals surface area (Å²) in [6, 6.07) is 5.41. The summed E-state index contributed by atoms with van der Waals surface area (Å²) < 4.78 is 7.60. The van der Waals surface area contributed by atoms with Gasteiger partial charge in [-0.25, -0.2) is 15.0 Å². The Morgan fingerprint density at radius 1 is 1.30 bits per heavy atom. The van der Waals surface area contributed by atoms with Gasteiger partial charge in [0, 0.05) is 19.3 Å². The summed E-state index contributed by atoms with van der Waals surface area (Å²) in [5.41, 5.74) is 1.17. The number of hydrogen-bond acceptors (Lipinski definition) is 7. The van der Waals surface area contributed by atoms with Crippen LogP contribution in [0.3, 0.4) is 0 Å². The van der Waals surface area contributed by atoms with Gasteiger partial charge in [0.1, 0.15) is 35.8 Å². The van der Waals surface area contributed by atoms with Crippen molar-refractivity contribution in [2.75, 3.05) is 18.0 Å². The van der Waals surface area contributed by atoms with Crippen LogP contribution in [0.2, 0.25) is 0 Å². The highest BCUT2D eigenvalue weighted by molar-refractivity contribution is 5.87. The molecule has 0 spiro atoms. The molecule has 23 heavy (non-hydrogen) atoms. The molecule has 3 aromatic heterocycles. The number of hydrogen-bond donors (Lipinski definition) is 0. The molecule has 0 atom stereocenters. The van der Waals surface area contributed by atoms with Gasteiger partial charge < -0.3 is 9.64 Å². The zero-order valence-electron chi connectivity index (χ0n) is 12.4. The minimum atomic E-state index is 0.0608. The monoisotopic (exact) mass is 307 g/mol. The van der Waals surface area contributed by atoms with Crippen molar-refractivity contribution in [2.24, 2.45) is 7.05 Å². The van der Waals surface area contributed by atoms with Gasteiger partial charge in [-0.15, -0.1) is 0 Å². The SMILES string of the molecule is Cn1ncc2c(N3CC(Oc4ccnc(C#N)c4)C3)ncnc21. The molecule has 1 aliphatic heterocycles. The van der Waals surface area contributed by atoms with E-state index in [2.05, 4.69) is 25.0 Å². The van der Waals surface area contributed by atoms with Crippen LogP contribution in [-0.4, -0.2) is 43.9 Å². The van der Waals surface area contributed by atoms with Gasteiger partial charge in [0.15, 0.2) is 5.65 Å². The van der Waals surface area contributed by atoms with Gasteiger partial charge in [-0.1, -0.05) is 0 Å². The Hall–Kier alpha value is -3.21. The maximum Gasteiger partial charge on any atom is 0.163 e. The number of rotatable bonds is 3. The van der Waals surface area contributed by atoms with Crippen LogP contribution in [0, 0.1) is 11.3 Å². The molecule has 114 valence electrons. The van der Waals surface area contributed by atoms with Crippen LogP contribution in [0.25, 0.3) is 11.0 Å². The number of fused-ring (bicyclic) bond motifs is 1. The highest BCUT2D eigenvalue weighted by Crippen LogP contribution is 2.27. The topological polar surface area (TPSA) is 92.8 Å². The van der Waals surface area contributed by atoms with E-state index in [1.807, 2.05) is 13.1 Å². The molecule has 0 saturated carbocycles. The Labute approximate surface area is 132 Å². The van der Waals surface area contributed by atoms with Crippen molar-refractivity contribution in [3.05, 3.63) is 36.5 Å². The third kappa shape index (κ3) is 2.32. The summed E-state index contributed by atoms with van der Waals surface area (Å²) in [4.78, 5) is 14.7. The molecule has 1 aliphatic rings. The normalized spacial score (nSPS) is 14.5. The minimum absolute atomic E-state index is 0.0608. The Morgan fingerprint density at radius 2 is 2.17 bits per heavy atom. The van der Waals surface area contributed by atoms with E-state index in [1.54, 1.807) is 35.5 Å². The first-order valence-corrected chi connectivity index (χ1v) is 7.15. The van der Waals surface area contributed by atoms with Crippen LogP contribution in [-0.2, 0) is 7.05 Å². The van der Waals surface area contributed by atoms with Gasteiger partial charge in [-0.05, 0) is 6.07 Å². The van der Waals surface area contributed by atoms with Crippen molar-refractivity contribution in [2.45, 2.75) is 6.10 Å². The maximum absolute atomic E-state index is 8.86. The molecule has 8 heteroatoms. The molecule has 0 radical (unpaired) electrons. The predicted molar refractivity (Wildman–Crippen MR) is 81.9 cm³/mol. The molecule has 0 aromatic carbocycles. The van der Waals surface area contributed by atoms with E-state index < -0.39 is 0 Å². The van der Waals surface area contributed by atoms with Crippen LogP contribution in [0.4, 0.5) is 5.82 Å². The lowest BCUT2D eigenvalue weighted by molar-refractivity contribution is 0.167. The van der Waals surface area contributed by atoms with Crippen LogP contribution >= 0.6 is 0 Å². The largest absolute Gasteiger partial charge is 0.487 e. The fourth-order valence-corrected chi connectivity index (χ4v) is 2.63. The van der Waals surface area contributed by atoms with Gasteiger partial charge >= 0.3 is 0 Å². The summed E-state index contributed by atoms with van der Waals surface area (Å²) in [6.45, 7) is 1.45. The minimum Gasteiger partial charge on any atom is -0.487 e. The maximum atomic E-state index is 8.86. The Balaban J connectivity index is 1.47. The van der Waals surface area contributed by atoms with Crippen LogP contribution in [0.5, 0.6) is 5.75 Å². The summed E-state index contributed by atoms with van der Waals surface area (Å²) in [5.74, 6) is 1.53. The number of ether oxygens (including phenoxy) is 1. The van der Waals surface area contributed by atoms with Crippen molar-refractivity contribution in [3.8, 4) is 11.8 Å². The molecule has 0 aliphatic carbocycles. The highest BCUT2D eigenvalue weighted by atomic mass is 16.5. The van der Waals surface area contributed by atoms with E-state index in [0.29, 0.717) is 11.4 Å². The molecule has 1 fully saturated rings. The molecular formula is C15H13N7O. The first kappa shape index (κ1) is 13.5. The molecule has 0 amide bonds. The number of aromatic nitrogens is 5. The number of pyridine rings is 1. The molecule has 4 heterocycles. The van der Waals surface area contributed by atoms with E-state index >= 15 is 0 Å². The fraction of sp³-hybridized carbons (Fsp3) is 0.267. The van der Waals surface area contributed by atoms with Crippen molar-refractivity contribution in [3.63, 3.8) is 0 Å². The average Bonchev–Trinajstić information content (AvgIpc) is 2.92. The predicted octanol–water partition coefficient (Wildman–Crippen LogP) is 0.898. The third-order valence-electron chi connectivity index (χ3n) is 3.80. The standard InChI is InChI=1S/C15H13N7O/c1-21-14-13(6-20-21)15(19-9-18-14)22-7-12(8-22)23-11-2-3-17-10(4-11)5-16/h2-4,6,9,12H,7-8H2,1H3. The number of aryl methyl sites for hydroxylation is 1. The molecule has 3 aromatic rings. The quantitative estimate of drug-likeness (QED) is 0.709. The van der Waals surface area contributed by atoms with Crippen LogP contribution in [0.1, 0.15) is 5.69 Å². The first-order chi connectivity index (χ1) is 11.2. The summed E-state index contributed by atoms with van der Waals surface area (Å²) in [7, 11) is 1.86. The highest BCUT2D eigenvalue weighted by Gasteiger charge is 2.31. The van der Waals surface area contributed by atoms with Gasteiger partial charge in [0.05, 0.1) is 24.7 Å². The number of anilines is 1. The second-order valence-electron chi connectivity index (χ2n) is 5.34. The van der Waals surface area contributed by atoms with E-state index in [-0.39, 0.29) is 6.10 Å². The van der Waals surface area contributed by atoms with E-state index in [1.165, 1.54) is 0 Å². The Morgan fingerprint density at radius 3 is 3.00 bits per heavy atom. The van der Waals surface area contributed by atoms with E-state index in [4.69, 9.17) is 10.00 Å². The van der Waals surface area contributed by atoms with Gasteiger partial charge in [0.2, 0.25) is 0 Å². The molecule has 8 nitrogen and oxygen atoms in total. The Bertz CT molecular complexity index is 908. The lowest BCUT2D eigenvalue weighted by Gasteiger charge is -2.39.